The predicted octanol–water partition coefficient (Wildman–Crippen LogP) is 13.0. The summed E-state index contributed by atoms with van der Waals surface area (Å²) in [5.74, 6) is 0.573. The maximum atomic E-state index is 3.06. The van der Waals surface area contributed by atoms with Gasteiger partial charge in [0.15, 0.2) is 0 Å². The number of hydrogen-bond donors (Lipinski definition) is 0. The van der Waals surface area contributed by atoms with Crippen LogP contribution < -0.4 is 0 Å². The molecule has 2 heteroatoms. The molecule has 0 spiro atoms. The molecule has 46 heavy (non-hydrogen) atoms. The minimum absolute atomic E-state index is 0. The van der Waals surface area contributed by atoms with E-state index in [-0.39, 0.29) is 25.7 Å². The van der Waals surface area contributed by atoms with Gasteiger partial charge in [0.05, 0.1) is 0 Å². The van der Waals surface area contributed by atoms with E-state index in [1.165, 1.54) is 89.4 Å². The van der Waals surface area contributed by atoms with Crippen LogP contribution in [0, 0.1) is 21.8 Å². The van der Waals surface area contributed by atoms with E-state index in [1.807, 2.05) is 0 Å². The summed E-state index contributed by atoms with van der Waals surface area (Å²) in [6, 6.07) is 40.4. The molecule has 0 unspecified atom stereocenters. The second-order valence-corrected chi connectivity index (χ2v) is 14.2. The van der Waals surface area contributed by atoms with Gasteiger partial charge in [0.25, 0.3) is 0 Å². The van der Waals surface area contributed by atoms with E-state index >= 15 is 0 Å². The monoisotopic (exact) mass is 698 g/mol. The van der Waals surface area contributed by atoms with Gasteiger partial charge in [-0.15, -0.1) is 63.0 Å². The van der Waals surface area contributed by atoms with Crippen molar-refractivity contribution in [1.29, 1.82) is 0 Å². The number of hydrogen-bond acceptors (Lipinski definition) is 0. The Morgan fingerprint density at radius 2 is 1.13 bits per heavy atom. The van der Waals surface area contributed by atoms with Gasteiger partial charge in [-0.1, -0.05) is 134 Å². The molecule has 0 aliphatic carbocycles. The van der Waals surface area contributed by atoms with Crippen LogP contribution in [-0.4, -0.2) is 6.88 Å². The number of rotatable bonds is 3. The van der Waals surface area contributed by atoms with E-state index in [9.17, 15) is 0 Å². The molecule has 0 amide bonds. The van der Waals surface area contributed by atoms with Crippen LogP contribution in [0.4, 0.5) is 0 Å². The Labute approximate surface area is 297 Å². The Kier molecular flexibility index (Phi) is 14.0. The molecule has 2 radical (unpaired) electrons. The van der Waals surface area contributed by atoms with Crippen LogP contribution >= 0.6 is 0 Å². The molecule has 0 aliphatic rings. The number of fused-ring (bicyclic) bond motifs is 2. The summed E-state index contributed by atoms with van der Waals surface area (Å²) in [7, 11) is 0. The quantitative estimate of drug-likeness (QED) is 0.127. The van der Waals surface area contributed by atoms with Crippen LogP contribution in [0.2, 0.25) is 0 Å². The Morgan fingerprint density at radius 3 is 1.61 bits per heavy atom. The fourth-order valence-electron chi connectivity index (χ4n) is 5.78. The Hall–Kier alpha value is -2.80. The van der Waals surface area contributed by atoms with Crippen molar-refractivity contribution in [3.63, 3.8) is 0 Å². The summed E-state index contributed by atoms with van der Waals surface area (Å²) in [5.41, 5.74) is 11.2. The fraction of sp³-hybridized carbons (Fsp3) is 0.273. The van der Waals surface area contributed by atoms with E-state index < -0.39 is 0 Å². The van der Waals surface area contributed by atoms with Crippen molar-refractivity contribution >= 4 is 28.4 Å². The molecule has 0 heterocycles. The Morgan fingerprint density at radius 1 is 0.630 bits per heavy atom. The summed E-state index contributed by atoms with van der Waals surface area (Å²) >= 11 is 1.36. The number of aryl methyl sites for hydroxylation is 1. The fourth-order valence-corrected chi connectivity index (χ4v) is 5.78. The van der Waals surface area contributed by atoms with Gasteiger partial charge in [-0.2, -0.15) is 18.2 Å². The van der Waals surface area contributed by atoms with Crippen molar-refractivity contribution in [3.05, 3.63) is 146 Å². The average molecular weight is 700 g/mol. The van der Waals surface area contributed by atoms with Gasteiger partial charge in [0.1, 0.15) is 0 Å². The molecule has 0 saturated heterocycles. The molecule has 0 nitrogen and oxygen atoms in total. The molecule has 6 rings (SSSR count). The maximum absolute atomic E-state index is 3.06. The molecule has 6 aromatic rings. The molecule has 0 saturated carbocycles. The van der Waals surface area contributed by atoms with Gasteiger partial charge in [-0.25, -0.2) is 0 Å². The van der Waals surface area contributed by atoms with Crippen molar-refractivity contribution < 1.29 is 23.3 Å². The third-order valence-corrected chi connectivity index (χ3v) is 8.59. The first kappa shape index (κ1) is 39.4. The van der Waals surface area contributed by atoms with Gasteiger partial charge in [0.2, 0.25) is 0 Å². The summed E-state index contributed by atoms with van der Waals surface area (Å²) in [6.07, 6.45) is 0. The Bertz CT molecular complexity index is 1810. The average Bonchev–Trinajstić information content (AvgIpc) is 3.67. The van der Waals surface area contributed by atoms with Crippen molar-refractivity contribution in [2.24, 2.45) is 0 Å². The van der Waals surface area contributed by atoms with Gasteiger partial charge in [-0.05, 0) is 39.0 Å². The normalized spacial score (nSPS) is 11.2. The summed E-state index contributed by atoms with van der Waals surface area (Å²) in [4.78, 5) is 0. The van der Waals surface area contributed by atoms with Crippen molar-refractivity contribution in [3.8, 4) is 22.3 Å². The van der Waals surface area contributed by atoms with Gasteiger partial charge in [0, 0.05) is 0 Å². The molecule has 0 atom stereocenters. The first-order valence-corrected chi connectivity index (χ1v) is 19.8. The molecule has 240 valence electrons. The van der Waals surface area contributed by atoms with E-state index in [4.69, 9.17) is 0 Å². The third kappa shape index (κ3) is 8.96. The van der Waals surface area contributed by atoms with Crippen LogP contribution in [0.5, 0.6) is 0 Å². The zero-order chi connectivity index (χ0) is 32.2. The zero-order valence-electron chi connectivity index (χ0n) is 30.0. The molecule has 0 N–H and O–H groups in total. The summed E-state index contributed by atoms with van der Waals surface area (Å²) < 4.78 is 0. The molecular formula is C44H52SiZr-4. The van der Waals surface area contributed by atoms with Crippen LogP contribution in [0.1, 0.15) is 83.6 Å². The van der Waals surface area contributed by atoms with Crippen LogP contribution in [0.15, 0.2) is 109 Å². The molecule has 0 bridgehead atoms. The van der Waals surface area contributed by atoms with Crippen LogP contribution in [-0.2, 0) is 34.2 Å². The molecule has 0 aromatic heterocycles. The summed E-state index contributed by atoms with van der Waals surface area (Å²) in [5, 5.41) is 5.44. The van der Waals surface area contributed by atoms with Gasteiger partial charge in [-0.3, -0.25) is 0 Å². The third-order valence-electron chi connectivity index (χ3n) is 8.59. The molecule has 0 aliphatic heterocycles. The SMILES string of the molecule is CC(C)c1cc2c(-c3ccc(C(C)(C)C)cc3)cccc2[cH-]1.Cc1ccc(-c2ccc(C(C)(C)C)cc2)c2cc[cH-]c12.[CH3-].[CH3-].[Si]=[Zr]. The first-order chi connectivity index (χ1) is 20.8. The zero-order valence-corrected chi connectivity index (χ0v) is 33.4. The van der Waals surface area contributed by atoms with E-state index in [0.717, 1.165) is 0 Å². The van der Waals surface area contributed by atoms with Crippen molar-refractivity contribution in [2.75, 3.05) is 0 Å². The second kappa shape index (κ2) is 16.3. The van der Waals surface area contributed by atoms with Crippen LogP contribution in [0.3, 0.4) is 0 Å². The second-order valence-electron chi connectivity index (χ2n) is 14.2. The topological polar surface area (TPSA) is 0 Å². The van der Waals surface area contributed by atoms with Gasteiger partial charge >= 0.3 is 30.2 Å². The molecule has 0 fully saturated rings. The first-order valence-electron chi connectivity index (χ1n) is 15.6. The van der Waals surface area contributed by atoms with Crippen LogP contribution in [0.25, 0.3) is 43.8 Å². The van der Waals surface area contributed by atoms with E-state index in [0.29, 0.717) is 5.92 Å². The minimum atomic E-state index is 0. The Balaban J connectivity index is 0.000000293. The predicted molar refractivity (Wildman–Crippen MR) is 205 cm³/mol. The van der Waals surface area contributed by atoms with E-state index in [1.54, 1.807) is 0 Å². The standard InChI is InChI=1S/C22H25.C20H21.2CH3.Si.Zr/c1-15(2)18-13-17-7-6-8-20(21(17)14-18)16-9-11-19(12-10-16)22(3,4)5;1-14-8-13-18(19-7-5-6-17(14)19)15-9-11-16(12-10-15)20(2,3)4;;;;/h6-15H,1-5H3;5-13H,1-4H3;2*1H3;;/q4*-1;;. The molecule has 6 aromatic carbocycles. The summed E-state index contributed by atoms with van der Waals surface area (Å²) in [6.45, 7) is 23.3. The van der Waals surface area contributed by atoms with Crippen molar-refractivity contribution in [2.45, 2.75) is 79.1 Å². The van der Waals surface area contributed by atoms with E-state index in [2.05, 4.69) is 178 Å². The van der Waals surface area contributed by atoms with Gasteiger partial charge < -0.3 is 14.9 Å². The molecular weight excluding hydrogens is 648 g/mol. The number of benzene rings is 4. The van der Waals surface area contributed by atoms with Crippen molar-refractivity contribution in [1.82, 2.24) is 0 Å².